The van der Waals surface area contributed by atoms with Crippen molar-refractivity contribution >= 4 is 17.7 Å². The van der Waals surface area contributed by atoms with Crippen LogP contribution in [0, 0.1) is 11.8 Å². The van der Waals surface area contributed by atoms with E-state index in [9.17, 15) is 22.8 Å². The van der Waals surface area contributed by atoms with Crippen LogP contribution >= 0.6 is 0 Å². The van der Waals surface area contributed by atoms with Crippen LogP contribution in [0.15, 0.2) is 18.3 Å². The molecule has 1 amide bonds. The first-order valence-electron chi connectivity index (χ1n) is 7.10. The number of carboxylic acid groups (broad SMARTS) is 1. The highest BCUT2D eigenvalue weighted by Crippen LogP contribution is 2.39. The minimum absolute atomic E-state index is 0.0303. The first kappa shape index (κ1) is 17.0. The second kappa shape index (κ2) is 6.84. The molecule has 126 valence electrons. The van der Waals surface area contributed by atoms with Crippen LogP contribution in [0.1, 0.15) is 36.0 Å². The molecule has 1 saturated carbocycles. The van der Waals surface area contributed by atoms with Crippen LogP contribution in [0.2, 0.25) is 0 Å². The third kappa shape index (κ3) is 4.33. The van der Waals surface area contributed by atoms with Gasteiger partial charge in [0.05, 0.1) is 5.92 Å². The number of anilines is 1. The number of halogens is 3. The first-order chi connectivity index (χ1) is 10.8. The van der Waals surface area contributed by atoms with Gasteiger partial charge in [0.25, 0.3) is 0 Å². The van der Waals surface area contributed by atoms with Crippen LogP contribution in [0.5, 0.6) is 0 Å². The van der Waals surface area contributed by atoms with Gasteiger partial charge in [0.2, 0.25) is 5.91 Å². The average molecular weight is 331 g/mol. The zero-order valence-corrected chi connectivity index (χ0v) is 12.1. The monoisotopic (exact) mass is 331 g/mol. The lowest BCUT2D eigenvalue weighted by Crippen LogP contribution is -2.39. The van der Waals surface area contributed by atoms with Gasteiger partial charge in [-0.2, -0.15) is 13.2 Å². The summed E-state index contributed by atoms with van der Waals surface area (Å²) in [6.07, 6.45) is -2.73. The molecule has 1 aromatic heterocycles. The van der Waals surface area contributed by atoms with Crippen molar-refractivity contribution < 1.29 is 27.9 Å². The summed E-state index contributed by atoms with van der Waals surface area (Å²) in [6.45, 7) is 0. The van der Waals surface area contributed by atoms with Gasteiger partial charge in [0, 0.05) is 12.1 Å². The number of nitrogens with one attached hydrogen (secondary N) is 2. The van der Waals surface area contributed by atoms with Gasteiger partial charge in [-0.1, -0.05) is 0 Å². The molecule has 23 heavy (non-hydrogen) atoms. The number of alkyl halides is 3. The Bertz CT molecular complexity index is 584. The molecule has 1 aliphatic carbocycles. The molecule has 6 nitrogen and oxygen atoms in total. The van der Waals surface area contributed by atoms with Crippen LogP contribution in [0.3, 0.4) is 0 Å². The first-order valence-corrected chi connectivity index (χ1v) is 7.10. The van der Waals surface area contributed by atoms with Crippen molar-refractivity contribution in [2.75, 3.05) is 5.43 Å². The van der Waals surface area contributed by atoms with Crippen LogP contribution in [0.4, 0.5) is 19.0 Å². The van der Waals surface area contributed by atoms with Gasteiger partial charge < -0.3 is 5.11 Å². The Morgan fingerprint density at radius 2 is 1.87 bits per heavy atom. The molecule has 0 spiro atoms. The SMILES string of the molecule is O=C(O)c1cccnc1NNC(=O)[C@H]1CC[C@H](C(F)(F)F)CC1. The molecule has 0 radical (unpaired) electrons. The lowest BCUT2D eigenvalue weighted by atomic mass is 9.81. The Balaban J connectivity index is 1.88. The Labute approximate surface area is 130 Å². The van der Waals surface area contributed by atoms with E-state index in [0.717, 1.165) is 0 Å². The van der Waals surface area contributed by atoms with E-state index in [4.69, 9.17) is 5.11 Å². The molecule has 1 heterocycles. The van der Waals surface area contributed by atoms with E-state index in [2.05, 4.69) is 15.8 Å². The highest BCUT2D eigenvalue weighted by molar-refractivity contribution is 5.93. The lowest BCUT2D eigenvalue weighted by Gasteiger charge is -2.29. The summed E-state index contributed by atoms with van der Waals surface area (Å²) >= 11 is 0. The summed E-state index contributed by atoms with van der Waals surface area (Å²) in [6, 6.07) is 2.76. The molecule has 0 aliphatic heterocycles. The number of carbonyl (C=O) groups excluding carboxylic acids is 1. The van der Waals surface area contributed by atoms with Crippen molar-refractivity contribution in [1.82, 2.24) is 10.4 Å². The number of pyridine rings is 1. The minimum Gasteiger partial charge on any atom is -0.478 e. The molecule has 0 saturated heterocycles. The maximum atomic E-state index is 12.6. The van der Waals surface area contributed by atoms with Crippen molar-refractivity contribution in [3.8, 4) is 0 Å². The third-order valence-corrected chi connectivity index (χ3v) is 3.90. The molecule has 1 fully saturated rings. The normalized spacial score (nSPS) is 21.5. The summed E-state index contributed by atoms with van der Waals surface area (Å²) in [5.41, 5.74) is 4.62. The Kier molecular flexibility index (Phi) is 5.07. The van der Waals surface area contributed by atoms with Crippen LogP contribution in [-0.2, 0) is 4.79 Å². The number of aromatic nitrogens is 1. The molecular weight excluding hydrogens is 315 g/mol. The Hall–Kier alpha value is -2.32. The fourth-order valence-electron chi connectivity index (χ4n) is 2.58. The fourth-order valence-corrected chi connectivity index (χ4v) is 2.58. The van der Waals surface area contributed by atoms with Gasteiger partial charge >= 0.3 is 12.1 Å². The Morgan fingerprint density at radius 3 is 2.43 bits per heavy atom. The number of hydrogen-bond donors (Lipinski definition) is 3. The number of rotatable bonds is 4. The topological polar surface area (TPSA) is 91.3 Å². The largest absolute Gasteiger partial charge is 0.478 e. The number of carboxylic acids is 1. The van der Waals surface area contributed by atoms with Gasteiger partial charge in [-0.3, -0.25) is 15.6 Å². The molecule has 0 bridgehead atoms. The second-order valence-corrected chi connectivity index (χ2v) is 5.41. The quantitative estimate of drug-likeness (QED) is 0.738. The number of carbonyl (C=O) groups is 2. The van der Waals surface area contributed by atoms with E-state index in [1.54, 1.807) is 0 Å². The average Bonchev–Trinajstić information content (AvgIpc) is 2.52. The van der Waals surface area contributed by atoms with Crippen molar-refractivity contribution in [2.45, 2.75) is 31.9 Å². The highest BCUT2D eigenvalue weighted by atomic mass is 19.4. The van der Waals surface area contributed by atoms with E-state index in [1.165, 1.54) is 18.3 Å². The third-order valence-electron chi connectivity index (χ3n) is 3.90. The smallest absolute Gasteiger partial charge is 0.391 e. The summed E-state index contributed by atoms with van der Waals surface area (Å²) in [5, 5.41) is 8.99. The standard InChI is InChI=1S/C14H16F3N3O3/c15-14(16,17)9-5-3-8(4-6-9)12(21)20-19-11-10(13(22)23)2-1-7-18-11/h1-2,7-9H,3-6H2,(H,18,19)(H,20,21)(H,22,23)/t8-,9-. The molecule has 1 aliphatic rings. The van der Waals surface area contributed by atoms with Crippen LogP contribution in [-0.4, -0.2) is 28.1 Å². The molecule has 2 rings (SSSR count). The van der Waals surface area contributed by atoms with Gasteiger partial charge in [-0.15, -0.1) is 0 Å². The van der Waals surface area contributed by atoms with Gasteiger partial charge in [0.1, 0.15) is 5.56 Å². The number of amides is 1. The molecule has 1 aromatic rings. The second-order valence-electron chi connectivity index (χ2n) is 5.41. The molecule has 0 aromatic carbocycles. The van der Waals surface area contributed by atoms with E-state index in [0.29, 0.717) is 0 Å². The van der Waals surface area contributed by atoms with E-state index in [-0.39, 0.29) is 37.1 Å². The Morgan fingerprint density at radius 1 is 1.22 bits per heavy atom. The van der Waals surface area contributed by atoms with Crippen molar-refractivity contribution in [3.63, 3.8) is 0 Å². The molecule has 3 N–H and O–H groups in total. The molecule has 0 unspecified atom stereocenters. The van der Waals surface area contributed by atoms with Crippen molar-refractivity contribution in [3.05, 3.63) is 23.9 Å². The van der Waals surface area contributed by atoms with Gasteiger partial charge in [-0.05, 0) is 37.8 Å². The summed E-state index contributed by atoms with van der Waals surface area (Å²) < 4.78 is 37.7. The summed E-state index contributed by atoms with van der Waals surface area (Å²) in [5.74, 6) is -3.59. The van der Waals surface area contributed by atoms with E-state index < -0.39 is 29.9 Å². The summed E-state index contributed by atoms with van der Waals surface area (Å²) in [7, 11) is 0. The zero-order valence-electron chi connectivity index (χ0n) is 12.1. The highest BCUT2D eigenvalue weighted by Gasteiger charge is 2.42. The molecule has 0 atom stereocenters. The van der Waals surface area contributed by atoms with Crippen molar-refractivity contribution in [2.24, 2.45) is 11.8 Å². The number of hydrogen-bond acceptors (Lipinski definition) is 4. The predicted octanol–water partition coefficient (Wildman–Crippen LogP) is 2.59. The van der Waals surface area contributed by atoms with Crippen LogP contribution < -0.4 is 10.9 Å². The molecule has 9 heteroatoms. The maximum absolute atomic E-state index is 12.6. The minimum atomic E-state index is -4.22. The summed E-state index contributed by atoms with van der Waals surface area (Å²) in [4.78, 5) is 26.8. The maximum Gasteiger partial charge on any atom is 0.391 e. The predicted molar refractivity (Wildman–Crippen MR) is 74.5 cm³/mol. The number of hydrazine groups is 1. The number of aromatic carboxylic acids is 1. The van der Waals surface area contributed by atoms with E-state index in [1.807, 2.05) is 0 Å². The molecular formula is C14H16F3N3O3. The zero-order chi connectivity index (χ0) is 17.0. The van der Waals surface area contributed by atoms with Gasteiger partial charge in [-0.25, -0.2) is 9.78 Å². The fraction of sp³-hybridized carbons (Fsp3) is 0.500. The lowest BCUT2D eigenvalue weighted by molar-refractivity contribution is -0.184. The van der Waals surface area contributed by atoms with Crippen molar-refractivity contribution in [1.29, 1.82) is 0 Å². The van der Waals surface area contributed by atoms with E-state index >= 15 is 0 Å². The van der Waals surface area contributed by atoms with Gasteiger partial charge in [0.15, 0.2) is 5.82 Å². The van der Waals surface area contributed by atoms with Crippen LogP contribution in [0.25, 0.3) is 0 Å². The number of nitrogens with zero attached hydrogens (tertiary/aromatic N) is 1.